The second kappa shape index (κ2) is 6.13. The number of benzene rings is 1. The van der Waals surface area contributed by atoms with Gasteiger partial charge in [-0.15, -0.1) is 0 Å². The van der Waals surface area contributed by atoms with Crippen LogP contribution in [0.5, 0.6) is 11.5 Å². The van der Waals surface area contributed by atoms with Gasteiger partial charge in [-0.2, -0.15) is 14.9 Å². The third-order valence-electron chi connectivity index (χ3n) is 2.57. The van der Waals surface area contributed by atoms with Gasteiger partial charge in [-0.25, -0.2) is 0 Å². The minimum Gasteiger partial charge on any atom is -0.504 e. The molecular formula is C11H9N5O5S. The number of methoxy groups -OCH3 is 1. The van der Waals surface area contributed by atoms with Crippen LogP contribution in [-0.4, -0.2) is 38.2 Å². The molecular weight excluding hydrogens is 314 g/mol. The van der Waals surface area contributed by atoms with Crippen LogP contribution in [0.2, 0.25) is 0 Å². The standard InChI is InChI=1S/C11H9N5O5S/c1-21-8-3-7(16(19)20)2-6(10(8)18)4-13-15-9(17)5-12-14-11(15)22/h2-5,18H,1H3,(H,14,22)/b13-4-. The van der Waals surface area contributed by atoms with Crippen molar-refractivity contribution in [1.29, 1.82) is 0 Å². The normalized spacial score (nSPS) is 10.8. The zero-order valence-electron chi connectivity index (χ0n) is 11.1. The molecule has 0 bridgehead atoms. The van der Waals surface area contributed by atoms with Crippen molar-refractivity contribution in [1.82, 2.24) is 14.9 Å². The second-order valence-corrected chi connectivity index (χ2v) is 4.30. The van der Waals surface area contributed by atoms with Crippen LogP contribution >= 0.6 is 12.2 Å². The molecule has 114 valence electrons. The van der Waals surface area contributed by atoms with Gasteiger partial charge in [0.05, 0.1) is 24.3 Å². The maximum atomic E-state index is 11.5. The van der Waals surface area contributed by atoms with Gasteiger partial charge in [0.15, 0.2) is 11.5 Å². The van der Waals surface area contributed by atoms with Gasteiger partial charge in [0.25, 0.3) is 11.2 Å². The molecule has 1 aromatic heterocycles. The lowest BCUT2D eigenvalue weighted by atomic mass is 10.2. The fourth-order valence-electron chi connectivity index (χ4n) is 1.55. The number of nitrogens with one attached hydrogen (secondary N) is 1. The number of nitro benzene ring substituents is 1. The number of aromatic amines is 1. The van der Waals surface area contributed by atoms with Crippen molar-refractivity contribution in [2.45, 2.75) is 0 Å². The van der Waals surface area contributed by atoms with Gasteiger partial charge in [-0.3, -0.25) is 20.0 Å². The van der Waals surface area contributed by atoms with E-state index in [1.807, 2.05) is 0 Å². The fraction of sp³-hybridized carbons (Fsp3) is 0.0909. The highest BCUT2D eigenvalue weighted by Gasteiger charge is 2.15. The van der Waals surface area contributed by atoms with Crippen LogP contribution in [0.1, 0.15) is 5.56 Å². The molecule has 2 rings (SSSR count). The first kappa shape index (κ1) is 15.3. The number of aromatic nitrogens is 3. The van der Waals surface area contributed by atoms with E-state index in [-0.39, 0.29) is 27.5 Å². The van der Waals surface area contributed by atoms with Crippen LogP contribution in [0.3, 0.4) is 0 Å². The van der Waals surface area contributed by atoms with Crippen molar-refractivity contribution in [3.05, 3.63) is 49.1 Å². The Morgan fingerprint density at radius 2 is 2.32 bits per heavy atom. The lowest BCUT2D eigenvalue weighted by Gasteiger charge is -2.05. The molecule has 0 saturated carbocycles. The maximum Gasteiger partial charge on any atom is 0.293 e. The average molecular weight is 323 g/mol. The molecule has 0 aliphatic heterocycles. The minimum atomic E-state index is -0.649. The highest BCUT2D eigenvalue weighted by atomic mass is 32.1. The Labute approximate surface area is 127 Å². The molecule has 0 unspecified atom stereocenters. The number of aromatic hydroxyl groups is 1. The SMILES string of the molecule is COc1cc([N+](=O)[O-])cc(/C=N\n2c(=O)cn[nH]c2=S)c1O. The number of non-ortho nitro benzene ring substituents is 1. The van der Waals surface area contributed by atoms with Crippen molar-refractivity contribution in [3.63, 3.8) is 0 Å². The van der Waals surface area contributed by atoms with Crippen molar-refractivity contribution in [3.8, 4) is 11.5 Å². The summed E-state index contributed by atoms with van der Waals surface area (Å²) >= 11 is 4.84. The van der Waals surface area contributed by atoms with Crippen molar-refractivity contribution in [2.24, 2.45) is 5.10 Å². The molecule has 0 amide bonds. The Hall–Kier alpha value is -3.08. The molecule has 22 heavy (non-hydrogen) atoms. The third-order valence-corrected chi connectivity index (χ3v) is 2.83. The van der Waals surface area contributed by atoms with E-state index in [1.165, 1.54) is 7.11 Å². The van der Waals surface area contributed by atoms with Crippen LogP contribution in [0.25, 0.3) is 0 Å². The summed E-state index contributed by atoms with van der Waals surface area (Å²) in [5, 5.41) is 30.4. The summed E-state index contributed by atoms with van der Waals surface area (Å²) in [7, 11) is 1.25. The second-order valence-electron chi connectivity index (χ2n) is 3.91. The topological polar surface area (TPSA) is 136 Å². The Balaban J connectivity index is 2.56. The van der Waals surface area contributed by atoms with E-state index in [4.69, 9.17) is 17.0 Å². The summed E-state index contributed by atoms with van der Waals surface area (Å²) in [6, 6.07) is 2.15. The van der Waals surface area contributed by atoms with Crippen LogP contribution < -0.4 is 10.3 Å². The zero-order chi connectivity index (χ0) is 16.3. The molecule has 0 spiro atoms. The molecule has 2 aromatic rings. The van der Waals surface area contributed by atoms with Gasteiger partial charge in [0, 0.05) is 11.6 Å². The van der Waals surface area contributed by atoms with E-state index < -0.39 is 10.5 Å². The molecule has 0 aliphatic rings. The monoisotopic (exact) mass is 323 g/mol. The van der Waals surface area contributed by atoms with Crippen LogP contribution in [0.4, 0.5) is 5.69 Å². The number of hydrogen-bond donors (Lipinski definition) is 2. The minimum absolute atomic E-state index is 0.0100. The number of rotatable bonds is 4. The Kier molecular flexibility index (Phi) is 4.27. The summed E-state index contributed by atoms with van der Waals surface area (Å²) in [6.45, 7) is 0. The smallest absolute Gasteiger partial charge is 0.293 e. The Morgan fingerprint density at radius 3 is 2.91 bits per heavy atom. The summed E-state index contributed by atoms with van der Waals surface area (Å²) < 4.78 is 5.60. The lowest BCUT2D eigenvalue weighted by Crippen LogP contribution is -2.18. The van der Waals surface area contributed by atoms with E-state index >= 15 is 0 Å². The molecule has 0 atom stereocenters. The van der Waals surface area contributed by atoms with Gasteiger partial charge in [-0.1, -0.05) is 0 Å². The van der Waals surface area contributed by atoms with Crippen LogP contribution in [-0.2, 0) is 0 Å². The first-order valence-electron chi connectivity index (χ1n) is 5.70. The fourth-order valence-corrected chi connectivity index (χ4v) is 1.74. The van der Waals surface area contributed by atoms with Crippen LogP contribution in [0.15, 0.2) is 28.2 Å². The van der Waals surface area contributed by atoms with Crippen LogP contribution in [0, 0.1) is 14.9 Å². The number of ether oxygens (including phenoxy) is 1. The zero-order valence-corrected chi connectivity index (χ0v) is 11.9. The van der Waals surface area contributed by atoms with Gasteiger partial charge >= 0.3 is 0 Å². The van der Waals surface area contributed by atoms with Crippen molar-refractivity contribution < 1.29 is 14.8 Å². The summed E-state index contributed by atoms with van der Waals surface area (Å²) in [5.41, 5.74) is -0.913. The van der Waals surface area contributed by atoms with Gasteiger partial charge in [-0.05, 0) is 12.2 Å². The predicted octanol–water partition coefficient (Wildman–Crippen LogP) is 0.805. The molecule has 0 aliphatic carbocycles. The molecule has 1 aromatic carbocycles. The van der Waals surface area contributed by atoms with E-state index in [1.54, 1.807) is 0 Å². The van der Waals surface area contributed by atoms with Gasteiger partial charge in [0.2, 0.25) is 4.77 Å². The van der Waals surface area contributed by atoms with Crippen molar-refractivity contribution in [2.75, 3.05) is 7.11 Å². The molecule has 11 heteroatoms. The van der Waals surface area contributed by atoms with E-state index in [2.05, 4.69) is 15.3 Å². The highest BCUT2D eigenvalue weighted by Crippen LogP contribution is 2.33. The number of nitro groups is 1. The Bertz CT molecular complexity index is 844. The first-order valence-corrected chi connectivity index (χ1v) is 6.11. The number of phenolic OH excluding ortho intramolecular Hbond substituents is 1. The highest BCUT2D eigenvalue weighted by molar-refractivity contribution is 7.71. The largest absolute Gasteiger partial charge is 0.504 e. The predicted molar refractivity (Wildman–Crippen MR) is 78.0 cm³/mol. The molecule has 1 heterocycles. The quantitative estimate of drug-likeness (QED) is 0.367. The molecule has 0 fully saturated rings. The number of hydrogen-bond acceptors (Lipinski definition) is 8. The number of phenols is 1. The van der Waals surface area contributed by atoms with E-state index in [0.29, 0.717) is 0 Å². The number of nitrogens with zero attached hydrogens (tertiary/aromatic N) is 4. The van der Waals surface area contributed by atoms with Gasteiger partial charge in [0.1, 0.15) is 6.20 Å². The Morgan fingerprint density at radius 1 is 1.59 bits per heavy atom. The van der Waals surface area contributed by atoms with E-state index in [9.17, 15) is 20.0 Å². The van der Waals surface area contributed by atoms with E-state index in [0.717, 1.165) is 29.2 Å². The summed E-state index contributed by atoms with van der Waals surface area (Å²) in [5.74, 6) is -0.447. The van der Waals surface area contributed by atoms with Crippen molar-refractivity contribution >= 4 is 24.1 Å². The molecule has 10 nitrogen and oxygen atoms in total. The molecule has 0 radical (unpaired) electrons. The molecule has 2 N–H and O–H groups in total. The first-order chi connectivity index (χ1) is 10.4. The average Bonchev–Trinajstić information content (AvgIpc) is 2.48. The number of H-pyrrole nitrogens is 1. The maximum absolute atomic E-state index is 11.5. The lowest BCUT2D eigenvalue weighted by molar-refractivity contribution is -0.385. The summed E-state index contributed by atoms with van der Waals surface area (Å²) in [4.78, 5) is 21.8. The molecule has 0 saturated heterocycles. The van der Waals surface area contributed by atoms with Gasteiger partial charge < -0.3 is 9.84 Å². The summed E-state index contributed by atoms with van der Waals surface area (Å²) in [6.07, 6.45) is 2.01. The third kappa shape index (κ3) is 2.98.